The molecule has 4 nitrogen and oxygen atoms in total. The molecular weight excluding hydrogens is 214 g/mol. The van der Waals surface area contributed by atoms with Gasteiger partial charge in [0.1, 0.15) is 0 Å². The van der Waals surface area contributed by atoms with Gasteiger partial charge in [0, 0.05) is 18.6 Å². The third-order valence-corrected chi connectivity index (χ3v) is 3.59. The summed E-state index contributed by atoms with van der Waals surface area (Å²) < 4.78 is 0. The van der Waals surface area contributed by atoms with Gasteiger partial charge in [-0.15, -0.1) is 0 Å². The van der Waals surface area contributed by atoms with Crippen LogP contribution in [0, 0.1) is 0 Å². The van der Waals surface area contributed by atoms with Gasteiger partial charge in [0.25, 0.3) is 0 Å². The Labute approximate surface area is 104 Å². The summed E-state index contributed by atoms with van der Waals surface area (Å²) in [6.07, 6.45) is 9.83. The van der Waals surface area contributed by atoms with E-state index in [9.17, 15) is 4.79 Å². The minimum atomic E-state index is 0.0170. The maximum Gasteiger partial charge on any atom is 0.315 e. The summed E-state index contributed by atoms with van der Waals surface area (Å²) in [5.41, 5.74) is 0. The number of hydrogen-bond donors (Lipinski definition) is 3. The molecule has 98 valence electrons. The van der Waals surface area contributed by atoms with Crippen LogP contribution in [0.15, 0.2) is 0 Å². The summed E-state index contributed by atoms with van der Waals surface area (Å²) in [6.45, 7) is 1.80. The highest BCUT2D eigenvalue weighted by molar-refractivity contribution is 5.74. The third-order valence-electron chi connectivity index (χ3n) is 3.59. The molecule has 0 aromatic carbocycles. The van der Waals surface area contributed by atoms with Gasteiger partial charge in [-0.25, -0.2) is 4.79 Å². The minimum Gasteiger partial charge on any atom is -0.338 e. The lowest BCUT2D eigenvalue weighted by molar-refractivity contribution is 0.232. The molecule has 0 radical (unpaired) electrons. The molecule has 0 aromatic heterocycles. The van der Waals surface area contributed by atoms with Gasteiger partial charge in [-0.1, -0.05) is 19.3 Å². The lowest BCUT2D eigenvalue weighted by Gasteiger charge is -2.22. The van der Waals surface area contributed by atoms with Crippen LogP contribution >= 0.6 is 0 Å². The molecule has 0 aromatic rings. The number of amides is 2. The fraction of sp³-hybridized carbons (Fsp3) is 0.923. The molecule has 2 amide bonds. The van der Waals surface area contributed by atoms with Gasteiger partial charge in [-0.05, 0) is 38.6 Å². The summed E-state index contributed by atoms with van der Waals surface area (Å²) in [7, 11) is 0. The Bertz CT molecular complexity index is 235. The number of nitrogens with one attached hydrogen (secondary N) is 3. The first kappa shape index (κ1) is 12.7. The standard InChI is InChI=1S/C13H25N3O/c17-13(16-12-5-2-1-3-6-12)15-10-4-9-14-11-7-8-11/h11-12,14H,1-10H2,(H2,15,16,17). The van der Waals surface area contributed by atoms with E-state index in [-0.39, 0.29) is 6.03 Å². The molecule has 0 aliphatic heterocycles. The van der Waals surface area contributed by atoms with E-state index in [1.54, 1.807) is 0 Å². The number of carbonyl (C=O) groups is 1. The summed E-state index contributed by atoms with van der Waals surface area (Å²) in [5, 5.41) is 9.43. The Kier molecular flexibility index (Phi) is 5.10. The second-order valence-electron chi connectivity index (χ2n) is 5.32. The van der Waals surface area contributed by atoms with Gasteiger partial charge in [-0.2, -0.15) is 0 Å². The Balaban J connectivity index is 1.44. The number of rotatable bonds is 6. The maximum absolute atomic E-state index is 11.6. The van der Waals surface area contributed by atoms with E-state index in [1.165, 1.54) is 32.1 Å². The summed E-state index contributed by atoms with van der Waals surface area (Å²) in [4.78, 5) is 11.6. The first-order valence-electron chi connectivity index (χ1n) is 7.12. The third kappa shape index (κ3) is 5.39. The average Bonchev–Trinajstić information content (AvgIpc) is 3.14. The zero-order valence-electron chi connectivity index (χ0n) is 10.6. The summed E-state index contributed by atoms with van der Waals surface area (Å²) >= 11 is 0. The molecule has 0 heterocycles. The van der Waals surface area contributed by atoms with Gasteiger partial charge in [-0.3, -0.25) is 0 Å². The lowest BCUT2D eigenvalue weighted by atomic mass is 9.96. The van der Waals surface area contributed by atoms with Crippen molar-refractivity contribution in [2.45, 2.75) is 63.5 Å². The smallest absolute Gasteiger partial charge is 0.315 e. The molecule has 0 unspecified atom stereocenters. The fourth-order valence-corrected chi connectivity index (χ4v) is 2.37. The normalized spacial score (nSPS) is 21.2. The lowest BCUT2D eigenvalue weighted by Crippen LogP contribution is -2.43. The van der Waals surface area contributed by atoms with Crippen LogP contribution < -0.4 is 16.0 Å². The zero-order chi connectivity index (χ0) is 11.9. The van der Waals surface area contributed by atoms with Crippen molar-refractivity contribution in [1.82, 2.24) is 16.0 Å². The van der Waals surface area contributed by atoms with Crippen LogP contribution in [0.5, 0.6) is 0 Å². The van der Waals surface area contributed by atoms with Gasteiger partial charge in [0.15, 0.2) is 0 Å². The van der Waals surface area contributed by atoms with Crippen molar-refractivity contribution in [2.75, 3.05) is 13.1 Å². The molecule has 4 heteroatoms. The van der Waals surface area contributed by atoms with Crippen molar-refractivity contribution in [2.24, 2.45) is 0 Å². The Hall–Kier alpha value is -0.770. The van der Waals surface area contributed by atoms with E-state index in [0.29, 0.717) is 6.04 Å². The minimum absolute atomic E-state index is 0.0170. The van der Waals surface area contributed by atoms with E-state index in [0.717, 1.165) is 38.4 Å². The van der Waals surface area contributed by atoms with Crippen LogP contribution in [0.3, 0.4) is 0 Å². The Morgan fingerprint density at radius 3 is 2.41 bits per heavy atom. The first-order chi connectivity index (χ1) is 8.34. The van der Waals surface area contributed by atoms with Crippen molar-refractivity contribution in [3.63, 3.8) is 0 Å². The molecule has 0 saturated heterocycles. The van der Waals surface area contributed by atoms with Crippen LogP contribution in [0.25, 0.3) is 0 Å². The van der Waals surface area contributed by atoms with Gasteiger partial charge >= 0.3 is 6.03 Å². The number of carbonyl (C=O) groups excluding carboxylic acids is 1. The van der Waals surface area contributed by atoms with Crippen LogP contribution in [-0.4, -0.2) is 31.2 Å². The summed E-state index contributed by atoms with van der Waals surface area (Å²) in [5.74, 6) is 0. The molecule has 0 spiro atoms. The number of hydrogen-bond acceptors (Lipinski definition) is 2. The molecular formula is C13H25N3O. The van der Waals surface area contributed by atoms with E-state index < -0.39 is 0 Å². The molecule has 2 saturated carbocycles. The predicted octanol–water partition coefficient (Wildman–Crippen LogP) is 1.76. The van der Waals surface area contributed by atoms with Crippen molar-refractivity contribution in [3.8, 4) is 0 Å². The van der Waals surface area contributed by atoms with Crippen molar-refractivity contribution in [3.05, 3.63) is 0 Å². The van der Waals surface area contributed by atoms with Crippen LogP contribution in [0.2, 0.25) is 0 Å². The number of urea groups is 1. The quantitative estimate of drug-likeness (QED) is 0.619. The van der Waals surface area contributed by atoms with Crippen LogP contribution in [-0.2, 0) is 0 Å². The molecule has 17 heavy (non-hydrogen) atoms. The van der Waals surface area contributed by atoms with E-state index in [1.807, 2.05) is 0 Å². The highest BCUT2D eigenvalue weighted by Crippen LogP contribution is 2.18. The van der Waals surface area contributed by atoms with Gasteiger partial charge in [0.2, 0.25) is 0 Å². The molecule has 0 atom stereocenters. The molecule has 2 aliphatic rings. The summed E-state index contributed by atoms with van der Waals surface area (Å²) in [6, 6.07) is 1.20. The van der Waals surface area contributed by atoms with Crippen molar-refractivity contribution in [1.29, 1.82) is 0 Å². The zero-order valence-corrected chi connectivity index (χ0v) is 10.6. The average molecular weight is 239 g/mol. The van der Waals surface area contributed by atoms with Crippen molar-refractivity contribution >= 4 is 6.03 Å². The predicted molar refractivity (Wildman–Crippen MR) is 69.0 cm³/mol. The van der Waals surface area contributed by atoms with E-state index in [4.69, 9.17) is 0 Å². The fourth-order valence-electron chi connectivity index (χ4n) is 2.37. The second kappa shape index (κ2) is 6.84. The second-order valence-corrected chi connectivity index (χ2v) is 5.32. The van der Waals surface area contributed by atoms with E-state index in [2.05, 4.69) is 16.0 Å². The highest BCUT2D eigenvalue weighted by Gasteiger charge is 2.19. The molecule has 2 aliphatic carbocycles. The van der Waals surface area contributed by atoms with Crippen LogP contribution in [0.1, 0.15) is 51.4 Å². The topological polar surface area (TPSA) is 53.2 Å². The van der Waals surface area contributed by atoms with Crippen molar-refractivity contribution < 1.29 is 4.79 Å². The molecule has 2 fully saturated rings. The SMILES string of the molecule is O=C(NCCCNC1CC1)NC1CCCCC1. The van der Waals surface area contributed by atoms with Gasteiger partial charge in [0.05, 0.1) is 0 Å². The van der Waals surface area contributed by atoms with Gasteiger partial charge < -0.3 is 16.0 Å². The van der Waals surface area contributed by atoms with E-state index >= 15 is 0 Å². The largest absolute Gasteiger partial charge is 0.338 e. The van der Waals surface area contributed by atoms with Crippen LogP contribution in [0.4, 0.5) is 4.79 Å². The first-order valence-corrected chi connectivity index (χ1v) is 7.12. The maximum atomic E-state index is 11.6. The molecule has 3 N–H and O–H groups in total. The molecule has 2 rings (SSSR count). The Morgan fingerprint density at radius 1 is 0.941 bits per heavy atom. The highest BCUT2D eigenvalue weighted by atomic mass is 16.2. The Morgan fingerprint density at radius 2 is 1.71 bits per heavy atom. The molecule has 0 bridgehead atoms. The monoisotopic (exact) mass is 239 g/mol.